The molecule has 0 radical (unpaired) electrons. The van der Waals surface area contributed by atoms with Crippen LogP contribution in [0.15, 0.2) is 0 Å². The molecule has 0 fully saturated rings. The molecule has 5 heteroatoms. The summed E-state index contributed by atoms with van der Waals surface area (Å²) in [4.78, 5) is 13.1. The molecule has 0 aliphatic heterocycles. The van der Waals surface area contributed by atoms with Gasteiger partial charge in [-0.2, -0.15) is 0 Å². The van der Waals surface area contributed by atoms with Gasteiger partial charge in [0.1, 0.15) is 0 Å². The predicted octanol–water partition coefficient (Wildman–Crippen LogP) is 5.65. The Kier molecular flexibility index (Phi) is 14.7. The molecule has 27 heavy (non-hydrogen) atoms. The van der Waals surface area contributed by atoms with Crippen molar-refractivity contribution in [3.8, 4) is 0 Å². The molecule has 1 atom stereocenters. The summed E-state index contributed by atoms with van der Waals surface area (Å²) in [5.74, 6) is -0.135. The Morgan fingerprint density at radius 3 is 1.52 bits per heavy atom. The summed E-state index contributed by atoms with van der Waals surface area (Å²) < 4.78 is 6.66. The van der Waals surface area contributed by atoms with Gasteiger partial charge in [0, 0.05) is 0 Å². The zero-order chi connectivity index (χ0) is 20.6. The van der Waals surface area contributed by atoms with Gasteiger partial charge in [-0.25, -0.2) is 0 Å². The van der Waals surface area contributed by atoms with Crippen molar-refractivity contribution in [3.63, 3.8) is 0 Å². The maximum absolute atomic E-state index is 13.1. The molecule has 0 aliphatic rings. The van der Waals surface area contributed by atoms with Crippen molar-refractivity contribution in [2.45, 2.75) is 104 Å². The fourth-order valence-electron chi connectivity index (χ4n) is 4.03. The van der Waals surface area contributed by atoms with E-state index >= 15 is 0 Å². The van der Waals surface area contributed by atoms with Gasteiger partial charge in [-0.3, -0.25) is 0 Å². The van der Waals surface area contributed by atoms with E-state index in [1.165, 1.54) is 0 Å². The molecule has 0 spiro atoms. The van der Waals surface area contributed by atoms with Gasteiger partial charge in [0.25, 0.3) is 0 Å². The zero-order valence-corrected chi connectivity index (χ0v) is 19.7. The average molecular weight is 405 g/mol. The number of hydrogen-bond donors (Lipinski definition) is 2. The van der Waals surface area contributed by atoms with Crippen LogP contribution in [0.5, 0.6) is 0 Å². The van der Waals surface area contributed by atoms with Crippen molar-refractivity contribution in [1.29, 1.82) is 0 Å². The van der Waals surface area contributed by atoms with Crippen LogP contribution in [0, 0.1) is 0 Å². The van der Waals surface area contributed by atoms with Crippen molar-refractivity contribution in [2.24, 2.45) is 11.5 Å². The minimum absolute atomic E-state index is 0.135. The predicted molar refractivity (Wildman–Crippen MR) is 123 cm³/mol. The summed E-state index contributed by atoms with van der Waals surface area (Å²) in [5, 5.41) is 0. The second-order valence-corrected chi connectivity index (χ2v) is 14.2. The summed E-state index contributed by atoms with van der Waals surface area (Å²) in [7, 11) is 0. The molecule has 4 N–H and O–H groups in total. The van der Waals surface area contributed by atoms with E-state index < -0.39 is 12.9 Å². The van der Waals surface area contributed by atoms with Crippen LogP contribution in [-0.2, 0) is 9.32 Å². The zero-order valence-electron chi connectivity index (χ0n) is 18.8. The van der Waals surface area contributed by atoms with Crippen LogP contribution >= 0.6 is 6.83 Å². The first-order valence-corrected chi connectivity index (χ1v) is 14.5. The molecule has 0 aromatic heterocycles. The van der Waals surface area contributed by atoms with Crippen molar-refractivity contribution in [3.05, 3.63) is 0 Å². The molecular weight excluding hydrogens is 355 g/mol. The van der Waals surface area contributed by atoms with E-state index in [4.69, 9.17) is 16.0 Å². The van der Waals surface area contributed by atoms with E-state index in [0.717, 1.165) is 88.9 Å². The molecule has 0 aromatic rings. The molecule has 0 aromatic carbocycles. The van der Waals surface area contributed by atoms with E-state index in [1.54, 1.807) is 0 Å². The van der Waals surface area contributed by atoms with Crippen LogP contribution in [0.1, 0.15) is 98.3 Å². The van der Waals surface area contributed by atoms with Gasteiger partial charge in [-0.15, -0.1) is 0 Å². The van der Waals surface area contributed by atoms with Gasteiger partial charge in [0.2, 0.25) is 0 Å². The number of rotatable bonds is 18. The van der Waals surface area contributed by atoms with Gasteiger partial charge in [0.15, 0.2) is 0 Å². The van der Waals surface area contributed by atoms with Crippen LogP contribution in [-0.4, -0.2) is 43.2 Å². The topological polar surface area (TPSA) is 78.3 Å². The summed E-state index contributed by atoms with van der Waals surface area (Å²) in [5.41, 5.74) is 11.8. The SMILES string of the molecule is CCCCP(CCCC)(CCCC)(CCCC)OC(=O)[C@@H](N)CCCCN. The van der Waals surface area contributed by atoms with Crippen molar-refractivity contribution < 1.29 is 9.32 Å². The fourth-order valence-corrected chi connectivity index (χ4v) is 10.9. The molecular formula is C22H49N2O2P. The van der Waals surface area contributed by atoms with E-state index in [0.29, 0.717) is 13.0 Å². The Morgan fingerprint density at radius 1 is 0.778 bits per heavy atom. The number of carbonyl (C=O) groups excluding carboxylic acids is 1. The fraction of sp³-hybridized carbons (Fsp3) is 0.955. The molecule has 0 heterocycles. The van der Waals surface area contributed by atoms with Crippen LogP contribution in [0.25, 0.3) is 0 Å². The average Bonchev–Trinajstić information content (AvgIpc) is 2.68. The molecule has 0 saturated heterocycles. The normalized spacial score (nSPS) is 14.5. The summed E-state index contributed by atoms with van der Waals surface area (Å²) in [6.07, 6.45) is 16.2. The van der Waals surface area contributed by atoms with E-state index in [2.05, 4.69) is 27.7 Å². The first kappa shape index (κ1) is 26.8. The molecule has 4 nitrogen and oxygen atoms in total. The van der Waals surface area contributed by atoms with Gasteiger partial charge in [0.05, 0.1) is 0 Å². The monoisotopic (exact) mass is 404 g/mol. The third-order valence-corrected chi connectivity index (χ3v) is 12.4. The van der Waals surface area contributed by atoms with Crippen molar-refractivity contribution in [1.82, 2.24) is 0 Å². The second kappa shape index (κ2) is 14.8. The molecule has 0 aliphatic carbocycles. The Bertz CT molecular complexity index is 347. The minimum atomic E-state index is -2.55. The quantitative estimate of drug-likeness (QED) is 0.228. The Hall–Kier alpha value is -0.180. The van der Waals surface area contributed by atoms with Gasteiger partial charge in [-0.05, 0) is 0 Å². The second-order valence-electron chi connectivity index (χ2n) is 8.47. The molecule has 0 rings (SSSR count). The van der Waals surface area contributed by atoms with Gasteiger partial charge in [-0.1, -0.05) is 0 Å². The van der Waals surface area contributed by atoms with E-state index in [-0.39, 0.29) is 5.97 Å². The van der Waals surface area contributed by atoms with Crippen LogP contribution in [0.2, 0.25) is 0 Å². The third kappa shape index (κ3) is 9.72. The first-order valence-electron chi connectivity index (χ1n) is 11.6. The summed E-state index contributed by atoms with van der Waals surface area (Å²) in [6.45, 7) is 7.07. The van der Waals surface area contributed by atoms with E-state index in [9.17, 15) is 4.79 Å². The van der Waals surface area contributed by atoms with Crippen LogP contribution in [0.4, 0.5) is 0 Å². The van der Waals surface area contributed by atoms with Crippen molar-refractivity contribution in [2.75, 3.05) is 31.2 Å². The van der Waals surface area contributed by atoms with Crippen LogP contribution < -0.4 is 11.5 Å². The van der Waals surface area contributed by atoms with E-state index in [1.807, 2.05) is 0 Å². The Balaban J connectivity index is 5.64. The molecule has 0 amide bonds. The third-order valence-electron chi connectivity index (χ3n) is 5.93. The molecule has 0 bridgehead atoms. The Labute approximate surface area is 169 Å². The van der Waals surface area contributed by atoms with Crippen molar-refractivity contribution >= 4 is 12.8 Å². The molecule has 164 valence electrons. The van der Waals surface area contributed by atoms with Gasteiger partial charge >= 0.3 is 169 Å². The molecule has 0 unspecified atom stereocenters. The maximum atomic E-state index is 13.1. The number of unbranched alkanes of at least 4 members (excludes halogenated alkanes) is 5. The molecule has 0 saturated carbocycles. The Morgan fingerprint density at radius 2 is 1.19 bits per heavy atom. The number of nitrogens with two attached hydrogens (primary N) is 2. The summed E-state index contributed by atoms with van der Waals surface area (Å²) in [6, 6.07) is -0.496. The standard InChI is InChI=1S/C22H49N2O2P/c1-5-9-17-27(18-10-6-2,19-11-7-3,20-12-8-4)26-22(25)21(24)15-13-14-16-23/h21H,5-20,23-24H2,1-4H3/t21-/m0/s1. The summed E-state index contributed by atoms with van der Waals surface area (Å²) >= 11 is 0. The van der Waals surface area contributed by atoms with Gasteiger partial charge < -0.3 is 0 Å². The number of hydrogen-bond acceptors (Lipinski definition) is 4. The first-order chi connectivity index (χ1) is 12.9. The van der Waals surface area contributed by atoms with Crippen LogP contribution in [0.3, 0.4) is 0 Å². The number of carbonyl (C=O) groups is 1.